The van der Waals surface area contributed by atoms with Gasteiger partial charge in [0.2, 0.25) is 0 Å². The van der Waals surface area contributed by atoms with Crippen LogP contribution in [0.5, 0.6) is 5.75 Å². The Morgan fingerprint density at radius 1 is 1.29 bits per heavy atom. The second-order valence-corrected chi connectivity index (χ2v) is 6.64. The summed E-state index contributed by atoms with van der Waals surface area (Å²) in [6.07, 6.45) is 6.49. The quantitative estimate of drug-likeness (QED) is 0.827. The van der Waals surface area contributed by atoms with Gasteiger partial charge in [-0.05, 0) is 61.3 Å². The van der Waals surface area contributed by atoms with Gasteiger partial charge in [0.05, 0.1) is 6.61 Å². The van der Waals surface area contributed by atoms with Gasteiger partial charge >= 0.3 is 0 Å². The fourth-order valence-electron chi connectivity index (χ4n) is 3.78. The fourth-order valence-corrected chi connectivity index (χ4v) is 3.78. The van der Waals surface area contributed by atoms with E-state index in [1.807, 2.05) is 0 Å². The van der Waals surface area contributed by atoms with E-state index in [4.69, 9.17) is 10.5 Å². The maximum atomic E-state index is 6.13. The van der Waals surface area contributed by atoms with Crippen molar-refractivity contribution in [3.63, 3.8) is 0 Å². The molecule has 2 nitrogen and oxygen atoms in total. The minimum Gasteiger partial charge on any atom is -0.493 e. The van der Waals surface area contributed by atoms with Crippen molar-refractivity contribution in [2.45, 2.75) is 58.8 Å². The molecule has 1 aromatic rings. The topological polar surface area (TPSA) is 35.2 Å². The number of rotatable bonds is 6. The molecule has 2 rings (SSSR count). The molecule has 1 aliphatic carbocycles. The molecule has 2 N–H and O–H groups in total. The fraction of sp³-hybridized carbons (Fsp3) is 0.684. The highest BCUT2D eigenvalue weighted by Crippen LogP contribution is 2.40. The summed E-state index contributed by atoms with van der Waals surface area (Å²) in [5.41, 5.74) is 8.77. The number of hydrogen-bond acceptors (Lipinski definition) is 2. The molecule has 0 saturated heterocycles. The summed E-state index contributed by atoms with van der Waals surface area (Å²) in [5, 5.41) is 0. The third kappa shape index (κ3) is 4.00. The predicted octanol–water partition coefficient (Wildman–Crippen LogP) is 4.65. The summed E-state index contributed by atoms with van der Waals surface area (Å²) in [6.45, 7) is 8.23. The van der Waals surface area contributed by atoms with E-state index in [2.05, 4.69) is 39.0 Å². The molecule has 1 saturated carbocycles. The average Bonchev–Trinajstić information content (AvgIpc) is 2.49. The van der Waals surface area contributed by atoms with Crippen LogP contribution in [0, 0.1) is 18.8 Å². The van der Waals surface area contributed by atoms with E-state index in [1.54, 1.807) is 0 Å². The maximum Gasteiger partial charge on any atom is 0.122 e. The van der Waals surface area contributed by atoms with Crippen LogP contribution >= 0.6 is 0 Å². The Balaban J connectivity index is 2.16. The van der Waals surface area contributed by atoms with E-state index in [1.165, 1.54) is 36.8 Å². The van der Waals surface area contributed by atoms with Crippen LogP contribution in [-0.4, -0.2) is 13.2 Å². The lowest BCUT2D eigenvalue weighted by molar-refractivity contribution is 0.218. The monoisotopic (exact) mass is 289 g/mol. The largest absolute Gasteiger partial charge is 0.493 e. The van der Waals surface area contributed by atoms with Crippen LogP contribution in [0.2, 0.25) is 0 Å². The van der Waals surface area contributed by atoms with Crippen LogP contribution in [0.15, 0.2) is 18.2 Å². The van der Waals surface area contributed by atoms with Crippen molar-refractivity contribution >= 4 is 0 Å². The Bertz CT molecular complexity index is 443. The molecule has 0 aromatic heterocycles. The standard InChI is InChI=1S/C19H31NO/c1-4-11-21-19-10-9-16(12-15(19)3)18(13-20)17-8-6-5-7-14(17)2/h9-10,12,14,17-18H,4-8,11,13,20H2,1-3H3. The third-order valence-electron chi connectivity index (χ3n) is 5.04. The predicted molar refractivity (Wildman–Crippen MR) is 89.9 cm³/mol. The second-order valence-electron chi connectivity index (χ2n) is 6.64. The van der Waals surface area contributed by atoms with Gasteiger partial charge in [0, 0.05) is 0 Å². The van der Waals surface area contributed by atoms with Crippen LogP contribution < -0.4 is 10.5 Å². The van der Waals surface area contributed by atoms with E-state index in [0.29, 0.717) is 5.92 Å². The van der Waals surface area contributed by atoms with Crippen LogP contribution in [0.3, 0.4) is 0 Å². The molecular weight excluding hydrogens is 258 g/mol. The zero-order valence-corrected chi connectivity index (χ0v) is 13.9. The smallest absolute Gasteiger partial charge is 0.122 e. The van der Waals surface area contributed by atoms with Crippen molar-refractivity contribution in [1.82, 2.24) is 0 Å². The molecule has 0 bridgehead atoms. The highest BCUT2D eigenvalue weighted by molar-refractivity contribution is 5.38. The Morgan fingerprint density at radius 2 is 2.05 bits per heavy atom. The molecule has 118 valence electrons. The minimum atomic E-state index is 0.499. The number of hydrogen-bond donors (Lipinski definition) is 1. The van der Waals surface area contributed by atoms with Crippen LogP contribution in [0.4, 0.5) is 0 Å². The molecule has 0 aliphatic heterocycles. The van der Waals surface area contributed by atoms with Gasteiger partial charge in [0.25, 0.3) is 0 Å². The summed E-state index contributed by atoms with van der Waals surface area (Å²) >= 11 is 0. The molecule has 0 amide bonds. The first-order chi connectivity index (χ1) is 10.2. The Hall–Kier alpha value is -1.02. The molecule has 1 aromatic carbocycles. The lowest BCUT2D eigenvalue weighted by Crippen LogP contribution is -2.28. The molecule has 0 radical (unpaired) electrons. The molecule has 21 heavy (non-hydrogen) atoms. The Labute approximate surface area is 130 Å². The van der Waals surface area contributed by atoms with E-state index in [-0.39, 0.29) is 0 Å². The van der Waals surface area contributed by atoms with Gasteiger partial charge in [0.1, 0.15) is 5.75 Å². The van der Waals surface area contributed by atoms with Crippen LogP contribution in [-0.2, 0) is 0 Å². The van der Waals surface area contributed by atoms with Crippen molar-refractivity contribution in [1.29, 1.82) is 0 Å². The highest BCUT2D eigenvalue weighted by atomic mass is 16.5. The molecule has 3 atom stereocenters. The highest BCUT2D eigenvalue weighted by Gasteiger charge is 2.29. The van der Waals surface area contributed by atoms with Gasteiger partial charge in [-0.2, -0.15) is 0 Å². The maximum absolute atomic E-state index is 6.13. The lowest BCUT2D eigenvalue weighted by atomic mass is 9.71. The SMILES string of the molecule is CCCOc1ccc(C(CN)C2CCCCC2C)cc1C. The van der Waals surface area contributed by atoms with Crippen molar-refractivity contribution in [2.75, 3.05) is 13.2 Å². The average molecular weight is 289 g/mol. The summed E-state index contributed by atoms with van der Waals surface area (Å²) in [7, 11) is 0. The first-order valence-corrected chi connectivity index (χ1v) is 8.60. The number of ether oxygens (including phenoxy) is 1. The Morgan fingerprint density at radius 3 is 2.67 bits per heavy atom. The molecule has 3 unspecified atom stereocenters. The lowest BCUT2D eigenvalue weighted by Gasteiger charge is -2.35. The summed E-state index contributed by atoms with van der Waals surface area (Å²) < 4.78 is 5.79. The molecule has 1 aliphatic rings. The van der Waals surface area contributed by atoms with Gasteiger partial charge < -0.3 is 10.5 Å². The Kier molecular flexibility index (Phi) is 6.10. The van der Waals surface area contributed by atoms with Gasteiger partial charge in [0.15, 0.2) is 0 Å². The van der Waals surface area contributed by atoms with E-state index >= 15 is 0 Å². The van der Waals surface area contributed by atoms with Crippen LogP contribution in [0.1, 0.15) is 63.0 Å². The summed E-state index contributed by atoms with van der Waals surface area (Å²) in [6, 6.07) is 6.66. The first kappa shape index (κ1) is 16.4. The van der Waals surface area contributed by atoms with Crippen molar-refractivity contribution in [3.8, 4) is 5.75 Å². The summed E-state index contributed by atoms with van der Waals surface area (Å²) in [5.74, 6) is 3.06. The normalized spacial score (nSPS) is 23.8. The third-order valence-corrected chi connectivity index (χ3v) is 5.04. The molecule has 0 heterocycles. The zero-order chi connectivity index (χ0) is 15.2. The molecule has 1 fully saturated rings. The molecule has 2 heteroatoms. The molecular formula is C19H31NO. The van der Waals surface area contributed by atoms with Crippen LogP contribution in [0.25, 0.3) is 0 Å². The number of nitrogens with two attached hydrogens (primary N) is 1. The van der Waals surface area contributed by atoms with Gasteiger partial charge in [-0.25, -0.2) is 0 Å². The van der Waals surface area contributed by atoms with Crippen molar-refractivity contribution in [3.05, 3.63) is 29.3 Å². The summed E-state index contributed by atoms with van der Waals surface area (Å²) in [4.78, 5) is 0. The number of benzene rings is 1. The molecule has 0 spiro atoms. The van der Waals surface area contributed by atoms with Gasteiger partial charge in [-0.15, -0.1) is 0 Å². The first-order valence-electron chi connectivity index (χ1n) is 8.60. The van der Waals surface area contributed by atoms with E-state index in [0.717, 1.165) is 37.2 Å². The van der Waals surface area contributed by atoms with E-state index < -0.39 is 0 Å². The second kappa shape index (κ2) is 7.84. The minimum absolute atomic E-state index is 0.499. The van der Waals surface area contributed by atoms with Gasteiger partial charge in [-0.1, -0.05) is 45.2 Å². The van der Waals surface area contributed by atoms with Gasteiger partial charge in [-0.3, -0.25) is 0 Å². The zero-order valence-electron chi connectivity index (χ0n) is 13.9. The number of aryl methyl sites for hydroxylation is 1. The van der Waals surface area contributed by atoms with Crippen molar-refractivity contribution in [2.24, 2.45) is 17.6 Å². The van der Waals surface area contributed by atoms with Crippen molar-refractivity contribution < 1.29 is 4.74 Å². The van der Waals surface area contributed by atoms with E-state index in [9.17, 15) is 0 Å².